The number of hydrogen-bond donors (Lipinski definition) is 2. The van der Waals surface area contributed by atoms with Crippen LogP contribution in [0.4, 0.5) is 10.6 Å². The van der Waals surface area contributed by atoms with Gasteiger partial charge >= 0.3 is 6.09 Å². The highest BCUT2D eigenvalue weighted by Gasteiger charge is 2.31. The molecule has 166 valence electrons. The van der Waals surface area contributed by atoms with Gasteiger partial charge in [0.05, 0.1) is 6.54 Å². The van der Waals surface area contributed by atoms with Crippen molar-refractivity contribution in [1.29, 1.82) is 0 Å². The van der Waals surface area contributed by atoms with Crippen LogP contribution in [0.2, 0.25) is 0 Å². The van der Waals surface area contributed by atoms with Crippen LogP contribution in [0.25, 0.3) is 0 Å². The summed E-state index contributed by atoms with van der Waals surface area (Å²) in [5, 5.41) is 12.2. The summed E-state index contributed by atoms with van der Waals surface area (Å²) in [5.74, 6) is 1.23. The monoisotopic (exact) mass is 420 g/mol. The SMILES string of the molecule is CN1CCN(c2cc(O[C@@H]3CCN(C(=O)OC(C)(C)C)C3)cc(/C(N)=N/O)n2)CC1. The lowest BCUT2D eigenvalue weighted by atomic mass is 10.2. The fourth-order valence-corrected chi connectivity index (χ4v) is 3.45. The van der Waals surface area contributed by atoms with E-state index in [2.05, 4.69) is 27.0 Å². The van der Waals surface area contributed by atoms with Crippen LogP contribution in [-0.2, 0) is 4.74 Å². The van der Waals surface area contributed by atoms with E-state index < -0.39 is 5.60 Å². The highest BCUT2D eigenvalue weighted by molar-refractivity contribution is 5.96. The molecule has 0 saturated carbocycles. The third kappa shape index (κ3) is 5.65. The van der Waals surface area contributed by atoms with Gasteiger partial charge in [-0.2, -0.15) is 0 Å². The van der Waals surface area contributed by atoms with E-state index in [-0.39, 0.29) is 18.0 Å². The lowest BCUT2D eigenvalue weighted by molar-refractivity contribution is 0.0275. The van der Waals surface area contributed by atoms with Crippen LogP contribution in [0.1, 0.15) is 32.9 Å². The van der Waals surface area contributed by atoms with Crippen molar-refractivity contribution >= 4 is 17.7 Å². The number of hydrogen-bond acceptors (Lipinski definition) is 8. The van der Waals surface area contributed by atoms with E-state index in [1.807, 2.05) is 26.8 Å². The van der Waals surface area contributed by atoms with Crippen molar-refractivity contribution in [2.75, 3.05) is 51.2 Å². The van der Waals surface area contributed by atoms with Crippen molar-refractivity contribution < 1.29 is 19.5 Å². The number of likely N-dealkylation sites (N-methyl/N-ethyl adjacent to an activating group) is 1. The minimum absolute atomic E-state index is 0.0716. The summed E-state index contributed by atoms with van der Waals surface area (Å²) in [5.41, 5.74) is 5.62. The van der Waals surface area contributed by atoms with Gasteiger partial charge in [-0.15, -0.1) is 0 Å². The van der Waals surface area contributed by atoms with Crippen molar-refractivity contribution in [3.05, 3.63) is 17.8 Å². The third-order valence-electron chi connectivity index (χ3n) is 5.08. The molecule has 0 aromatic carbocycles. The molecule has 10 nitrogen and oxygen atoms in total. The van der Waals surface area contributed by atoms with Crippen molar-refractivity contribution in [1.82, 2.24) is 14.8 Å². The number of amidine groups is 1. The molecule has 3 N–H and O–H groups in total. The van der Waals surface area contributed by atoms with Crippen LogP contribution in [0.15, 0.2) is 17.3 Å². The van der Waals surface area contributed by atoms with Gasteiger partial charge in [0.1, 0.15) is 29.0 Å². The molecule has 30 heavy (non-hydrogen) atoms. The van der Waals surface area contributed by atoms with Crippen molar-refractivity contribution in [3.8, 4) is 5.75 Å². The molecular formula is C20H32N6O4. The van der Waals surface area contributed by atoms with Crippen LogP contribution in [0.3, 0.4) is 0 Å². The van der Waals surface area contributed by atoms with Gasteiger partial charge in [0.25, 0.3) is 0 Å². The van der Waals surface area contributed by atoms with E-state index in [9.17, 15) is 4.79 Å². The Bertz CT molecular complexity index is 786. The van der Waals surface area contributed by atoms with E-state index in [4.69, 9.17) is 20.4 Å². The van der Waals surface area contributed by atoms with Gasteiger partial charge in [-0.3, -0.25) is 0 Å². The minimum Gasteiger partial charge on any atom is -0.488 e. The molecule has 0 bridgehead atoms. The number of anilines is 1. The van der Waals surface area contributed by atoms with Gasteiger partial charge in [0.15, 0.2) is 5.84 Å². The zero-order chi connectivity index (χ0) is 21.9. The number of carbonyl (C=O) groups is 1. The van der Waals surface area contributed by atoms with E-state index >= 15 is 0 Å². The predicted molar refractivity (Wildman–Crippen MR) is 113 cm³/mol. The predicted octanol–water partition coefficient (Wildman–Crippen LogP) is 1.32. The first-order valence-electron chi connectivity index (χ1n) is 10.2. The van der Waals surface area contributed by atoms with Gasteiger partial charge in [-0.1, -0.05) is 5.16 Å². The molecular weight excluding hydrogens is 388 g/mol. The maximum absolute atomic E-state index is 12.3. The molecule has 0 unspecified atom stereocenters. The van der Waals surface area contributed by atoms with Crippen molar-refractivity contribution in [3.63, 3.8) is 0 Å². The maximum Gasteiger partial charge on any atom is 0.410 e. The number of aromatic nitrogens is 1. The first kappa shape index (κ1) is 21.9. The minimum atomic E-state index is -0.533. The molecule has 10 heteroatoms. The molecule has 2 fully saturated rings. The summed E-state index contributed by atoms with van der Waals surface area (Å²) in [6, 6.07) is 3.53. The topological polar surface area (TPSA) is 117 Å². The Kier molecular flexibility index (Phi) is 6.55. The summed E-state index contributed by atoms with van der Waals surface area (Å²) in [7, 11) is 2.09. The third-order valence-corrected chi connectivity index (χ3v) is 5.08. The molecule has 1 amide bonds. The van der Waals surface area contributed by atoms with E-state index in [1.165, 1.54) is 0 Å². The second-order valence-corrected chi connectivity index (χ2v) is 8.78. The normalized spacial score (nSPS) is 21.1. The number of amides is 1. The van der Waals surface area contributed by atoms with Crippen LogP contribution >= 0.6 is 0 Å². The van der Waals surface area contributed by atoms with Gasteiger partial charge in [-0.05, 0) is 27.8 Å². The Labute approximate surface area is 177 Å². The van der Waals surface area contributed by atoms with Crippen molar-refractivity contribution in [2.24, 2.45) is 10.9 Å². The van der Waals surface area contributed by atoms with Gasteiger partial charge in [-0.25, -0.2) is 9.78 Å². The molecule has 3 heterocycles. The van der Waals surface area contributed by atoms with E-state index in [0.29, 0.717) is 31.0 Å². The molecule has 2 saturated heterocycles. The fourth-order valence-electron chi connectivity index (χ4n) is 3.45. The van der Waals surface area contributed by atoms with Crippen molar-refractivity contribution in [2.45, 2.75) is 38.9 Å². The quantitative estimate of drug-likeness (QED) is 0.324. The number of piperazine rings is 1. The Morgan fingerprint density at radius 3 is 2.57 bits per heavy atom. The van der Waals surface area contributed by atoms with Gasteiger partial charge < -0.3 is 35.1 Å². The van der Waals surface area contributed by atoms with E-state index in [0.717, 1.165) is 32.0 Å². The molecule has 1 atom stereocenters. The Morgan fingerprint density at radius 1 is 1.23 bits per heavy atom. The van der Waals surface area contributed by atoms with Crippen LogP contribution < -0.4 is 15.4 Å². The number of nitrogens with zero attached hydrogens (tertiary/aromatic N) is 5. The molecule has 3 rings (SSSR count). The Hall–Kier alpha value is -2.75. The number of oxime groups is 1. The van der Waals surface area contributed by atoms with Gasteiger partial charge in [0, 0.05) is 51.3 Å². The maximum atomic E-state index is 12.3. The van der Waals surface area contributed by atoms with Crippen LogP contribution in [0.5, 0.6) is 5.75 Å². The Balaban J connectivity index is 1.72. The second kappa shape index (κ2) is 8.95. The number of carbonyl (C=O) groups excluding carboxylic acids is 1. The molecule has 2 aliphatic heterocycles. The summed E-state index contributed by atoms with van der Waals surface area (Å²) >= 11 is 0. The fraction of sp³-hybridized carbons (Fsp3) is 0.650. The number of likely N-dealkylation sites (tertiary alicyclic amines) is 1. The Morgan fingerprint density at radius 2 is 1.93 bits per heavy atom. The first-order chi connectivity index (χ1) is 14.1. The van der Waals surface area contributed by atoms with Gasteiger partial charge in [0.2, 0.25) is 0 Å². The molecule has 0 radical (unpaired) electrons. The highest BCUT2D eigenvalue weighted by atomic mass is 16.6. The summed E-state index contributed by atoms with van der Waals surface area (Å²) in [6.45, 7) is 10.1. The van der Waals surface area contributed by atoms with Crippen LogP contribution in [0, 0.1) is 0 Å². The molecule has 1 aromatic heterocycles. The summed E-state index contributed by atoms with van der Waals surface area (Å²) < 4.78 is 11.6. The average molecular weight is 421 g/mol. The molecule has 0 spiro atoms. The largest absolute Gasteiger partial charge is 0.488 e. The average Bonchev–Trinajstić information content (AvgIpc) is 3.15. The molecule has 0 aliphatic carbocycles. The number of rotatable bonds is 4. The van der Waals surface area contributed by atoms with E-state index in [1.54, 1.807) is 11.0 Å². The molecule has 2 aliphatic rings. The second-order valence-electron chi connectivity index (χ2n) is 8.78. The number of nitrogens with two attached hydrogens (primary N) is 1. The smallest absolute Gasteiger partial charge is 0.410 e. The number of ether oxygens (including phenoxy) is 2. The number of pyridine rings is 1. The first-order valence-corrected chi connectivity index (χ1v) is 10.2. The zero-order valence-electron chi connectivity index (χ0n) is 18.2. The lowest BCUT2D eigenvalue weighted by Gasteiger charge is -2.33. The summed E-state index contributed by atoms with van der Waals surface area (Å²) in [6.07, 6.45) is 0.198. The van der Waals surface area contributed by atoms with Crippen LogP contribution in [-0.4, -0.2) is 89.9 Å². The summed E-state index contributed by atoms with van der Waals surface area (Å²) in [4.78, 5) is 22.9. The lowest BCUT2D eigenvalue weighted by Crippen LogP contribution is -2.45. The highest BCUT2D eigenvalue weighted by Crippen LogP contribution is 2.25. The molecule has 1 aromatic rings. The standard InChI is InChI=1S/C20H32N6O4/c1-20(2,3)30-19(27)26-6-5-14(13-26)29-15-11-16(18(21)23-28)22-17(12-15)25-9-7-24(4)8-10-25/h11-12,14,28H,5-10,13H2,1-4H3,(H2,21,23)/t14-/m1/s1. The zero-order valence-corrected chi connectivity index (χ0v) is 18.2.